The van der Waals surface area contributed by atoms with Gasteiger partial charge in [-0.05, 0) is 44.7 Å². The van der Waals surface area contributed by atoms with Gasteiger partial charge < -0.3 is 5.32 Å². The lowest BCUT2D eigenvalue weighted by Gasteiger charge is -2.22. The van der Waals surface area contributed by atoms with Gasteiger partial charge in [0.05, 0.1) is 5.75 Å². The molecule has 0 atom stereocenters. The van der Waals surface area contributed by atoms with E-state index >= 15 is 0 Å². The molecule has 5 heteroatoms. The maximum atomic E-state index is 11.6. The van der Waals surface area contributed by atoms with Gasteiger partial charge in [0.1, 0.15) is 0 Å². The van der Waals surface area contributed by atoms with Crippen LogP contribution in [0.25, 0.3) is 0 Å². The van der Waals surface area contributed by atoms with Crippen LogP contribution < -0.4 is 10.0 Å². The number of hydrogen-bond acceptors (Lipinski definition) is 3. The molecular weight excluding hydrogens is 200 g/mol. The van der Waals surface area contributed by atoms with Gasteiger partial charge in [-0.2, -0.15) is 0 Å². The van der Waals surface area contributed by atoms with E-state index in [1.807, 2.05) is 0 Å². The van der Waals surface area contributed by atoms with Crippen LogP contribution in [0.15, 0.2) is 0 Å². The van der Waals surface area contributed by atoms with Crippen molar-refractivity contribution in [1.82, 2.24) is 10.0 Å². The molecule has 0 spiro atoms. The second-order valence-corrected chi connectivity index (χ2v) is 6.17. The van der Waals surface area contributed by atoms with Gasteiger partial charge in [0.2, 0.25) is 10.0 Å². The zero-order chi connectivity index (χ0) is 10.0. The molecular formula is C9H18N2O2S. The fourth-order valence-electron chi connectivity index (χ4n) is 1.86. The predicted octanol–water partition coefficient (Wildman–Crippen LogP) is 0.0678. The van der Waals surface area contributed by atoms with Crippen LogP contribution >= 0.6 is 0 Å². The van der Waals surface area contributed by atoms with E-state index in [0.717, 1.165) is 38.8 Å². The lowest BCUT2D eigenvalue weighted by atomic mass is 10.0. The van der Waals surface area contributed by atoms with Crippen molar-refractivity contribution in [2.75, 3.05) is 18.8 Å². The molecule has 1 aliphatic heterocycles. The van der Waals surface area contributed by atoms with Gasteiger partial charge in [-0.15, -0.1) is 0 Å². The second-order valence-electron chi connectivity index (χ2n) is 4.37. The Morgan fingerprint density at radius 2 is 1.79 bits per heavy atom. The lowest BCUT2D eigenvalue weighted by molar-refractivity contribution is 0.400. The summed E-state index contributed by atoms with van der Waals surface area (Å²) in [5.74, 6) is 0.679. The smallest absolute Gasteiger partial charge is 0.212 e. The minimum absolute atomic E-state index is 0.252. The van der Waals surface area contributed by atoms with Crippen molar-refractivity contribution in [3.8, 4) is 0 Å². The van der Waals surface area contributed by atoms with Crippen LogP contribution in [0.1, 0.15) is 25.7 Å². The molecule has 0 aromatic rings. The number of hydrogen-bond donors (Lipinski definition) is 2. The highest BCUT2D eigenvalue weighted by Crippen LogP contribution is 2.21. The Morgan fingerprint density at radius 3 is 2.36 bits per heavy atom. The molecule has 14 heavy (non-hydrogen) atoms. The summed E-state index contributed by atoms with van der Waals surface area (Å²) in [6.45, 7) is 1.92. The van der Waals surface area contributed by atoms with Crippen LogP contribution in [0.2, 0.25) is 0 Å². The summed E-state index contributed by atoms with van der Waals surface area (Å²) in [7, 11) is -3.00. The second kappa shape index (κ2) is 4.16. The SMILES string of the molecule is O=S(=O)(CC1CCNCC1)NC1CC1. The molecule has 82 valence electrons. The molecule has 0 bridgehead atoms. The van der Waals surface area contributed by atoms with Gasteiger partial charge in [-0.3, -0.25) is 0 Å². The van der Waals surface area contributed by atoms with Crippen LogP contribution in [0.3, 0.4) is 0 Å². The predicted molar refractivity (Wildman–Crippen MR) is 55.5 cm³/mol. The first-order valence-corrected chi connectivity index (χ1v) is 7.02. The molecule has 0 aromatic carbocycles. The quantitative estimate of drug-likeness (QED) is 0.702. The minimum Gasteiger partial charge on any atom is -0.317 e. The summed E-state index contributed by atoms with van der Waals surface area (Å²) in [5, 5.41) is 3.24. The van der Waals surface area contributed by atoms with E-state index in [2.05, 4.69) is 10.0 Å². The Bertz CT molecular complexity index is 279. The first-order valence-electron chi connectivity index (χ1n) is 5.36. The molecule has 0 aromatic heterocycles. The minimum atomic E-state index is -3.00. The maximum Gasteiger partial charge on any atom is 0.212 e. The molecule has 2 rings (SSSR count). The van der Waals surface area contributed by atoms with Crippen LogP contribution in [0, 0.1) is 5.92 Å². The van der Waals surface area contributed by atoms with Crippen molar-refractivity contribution in [1.29, 1.82) is 0 Å². The highest BCUT2D eigenvalue weighted by atomic mass is 32.2. The van der Waals surface area contributed by atoms with Gasteiger partial charge in [0, 0.05) is 6.04 Å². The standard InChI is InChI=1S/C9H18N2O2S/c12-14(13,11-9-1-2-9)7-8-3-5-10-6-4-8/h8-11H,1-7H2. The largest absolute Gasteiger partial charge is 0.317 e. The summed E-state index contributed by atoms with van der Waals surface area (Å²) in [6.07, 6.45) is 4.02. The van der Waals surface area contributed by atoms with Gasteiger partial charge in [0.25, 0.3) is 0 Å². The molecule has 1 saturated carbocycles. The fraction of sp³-hybridized carbons (Fsp3) is 1.00. The Labute approximate surface area is 85.5 Å². The van der Waals surface area contributed by atoms with Crippen molar-refractivity contribution in [3.05, 3.63) is 0 Å². The van der Waals surface area contributed by atoms with Crippen LogP contribution in [-0.4, -0.2) is 33.3 Å². The monoisotopic (exact) mass is 218 g/mol. The molecule has 2 fully saturated rings. The van der Waals surface area contributed by atoms with Crippen LogP contribution in [-0.2, 0) is 10.0 Å². The third-order valence-corrected chi connectivity index (χ3v) is 4.44. The summed E-state index contributed by atoms with van der Waals surface area (Å²) in [4.78, 5) is 0. The van der Waals surface area contributed by atoms with Gasteiger partial charge in [0.15, 0.2) is 0 Å². The van der Waals surface area contributed by atoms with Gasteiger partial charge >= 0.3 is 0 Å². The number of sulfonamides is 1. The van der Waals surface area contributed by atoms with E-state index in [-0.39, 0.29) is 6.04 Å². The normalized spacial score (nSPS) is 25.1. The highest BCUT2D eigenvalue weighted by molar-refractivity contribution is 7.89. The van der Waals surface area contributed by atoms with Crippen molar-refractivity contribution in [2.45, 2.75) is 31.7 Å². The van der Waals surface area contributed by atoms with E-state index < -0.39 is 10.0 Å². The molecule has 0 unspecified atom stereocenters. The van der Waals surface area contributed by atoms with Crippen molar-refractivity contribution in [2.24, 2.45) is 5.92 Å². The molecule has 0 radical (unpaired) electrons. The molecule has 0 amide bonds. The first kappa shape index (κ1) is 10.4. The van der Waals surface area contributed by atoms with E-state index in [9.17, 15) is 8.42 Å². The molecule has 1 heterocycles. The number of nitrogens with one attached hydrogen (secondary N) is 2. The zero-order valence-electron chi connectivity index (χ0n) is 8.33. The van der Waals surface area contributed by atoms with Crippen LogP contribution in [0.4, 0.5) is 0 Å². The Kier molecular flexibility index (Phi) is 3.09. The first-order chi connectivity index (χ1) is 6.66. The third kappa shape index (κ3) is 3.22. The van der Waals surface area contributed by atoms with E-state index in [1.165, 1.54) is 0 Å². The maximum absolute atomic E-state index is 11.6. The average Bonchev–Trinajstić information content (AvgIpc) is 2.88. The van der Waals surface area contributed by atoms with Crippen molar-refractivity contribution >= 4 is 10.0 Å². The Balaban J connectivity index is 1.81. The number of piperidine rings is 1. The third-order valence-electron chi connectivity index (χ3n) is 2.84. The lowest BCUT2D eigenvalue weighted by Crippen LogP contribution is -2.36. The molecule has 1 aliphatic carbocycles. The summed E-state index contributed by atoms with van der Waals surface area (Å²) in [5.41, 5.74) is 0. The van der Waals surface area contributed by atoms with Crippen molar-refractivity contribution < 1.29 is 8.42 Å². The van der Waals surface area contributed by atoms with Crippen molar-refractivity contribution in [3.63, 3.8) is 0 Å². The molecule has 4 nitrogen and oxygen atoms in total. The van der Waals surface area contributed by atoms with Gasteiger partial charge in [-0.1, -0.05) is 0 Å². The molecule has 2 aliphatic rings. The van der Waals surface area contributed by atoms with E-state index in [4.69, 9.17) is 0 Å². The molecule has 1 saturated heterocycles. The van der Waals surface area contributed by atoms with E-state index in [0.29, 0.717) is 11.7 Å². The zero-order valence-corrected chi connectivity index (χ0v) is 9.15. The summed E-state index contributed by atoms with van der Waals surface area (Å²) in [6, 6.07) is 0.252. The Morgan fingerprint density at radius 1 is 1.14 bits per heavy atom. The average molecular weight is 218 g/mol. The fourth-order valence-corrected chi connectivity index (χ4v) is 3.66. The summed E-state index contributed by atoms with van der Waals surface area (Å²) < 4.78 is 26.0. The van der Waals surface area contributed by atoms with Crippen LogP contribution in [0.5, 0.6) is 0 Å². The van der Waals surface area contributed by atoms with Gasteiger partial charge in [-0.25, -0.2) is 13.1 Å². The Hall–Kier alpha value is -0.130. The van der Waals surface area contributed by atoms with E-state index in [1.54, 1.807) is 0 Å². The number of rotatable bonds is 4. The highest BCUT2D eigenvalue weighted by Gasteiger charge is 2.29. The summed E-state index contributed by atoms with van der Waals surface area (Å²) >= 11 is 0. The topological polar surface area (TPSA) is 58.2 Å². The molecule has 2 N–H and O–H groups in total.